The largest absolute Gasteiger partial charge is 0.494 e. The van der Waals surface area contributed by atoms with Crippen LogP contribution < -0.4 is 15.5 Å². The molecule has 1 aromatic carbocycles. The van der Waals surface area contributed by atoms with Gasteiger partial charge in [-0.1, -0.05) is 0 Å². The first-order valence-corrected chi connectivity index (χ1v) is 8.20. The average molecular weight is 332 g/mol. The van der Waals surface area contributed by atoms with Crippen LogP contribution >= 0.6 is 0 Å². The predicted octanol–water partition coefficient (Wildman–Crippen LogP) is 2.09. The quantitative estimate of drug-likeness (QED) is 0.752. The van der Waals surface area contributed by atoms with Gasteiger partial charge in [0.25, 0.3) is 5.91 Å². The molecule has 0 fully saturated rings. The first kappa shape index (κ1) is 18.0. The van der Waals surface area contributed by atoms with Crippen molar-refractivity contribution in [3.8, 4) is 5.75 Å². The topological polar surface area (TPSA) is 69.6 Å². The molecule has 1 heterocycles. The summed E-state index contributed by atoms with van der Waals surface area (Å²) in [4.78, 5) is 25.0. The zero-order chi connectivity index (χ0) is 17.5. The summed E-state index contributed by atoms with van der Waals surface area (Å²) in [6.45, 7) is 6.04. The summed E-state index contributed by atoms with van der Waals surface area (Å²) < 4.78 is 12.5. The standard InChI is InChI=1S/C18H24N2O4/c1-4-23-10-6-9-19-18(22)15-12-20(3)16-8-7-13(24-5-2)11-14(16)17(15)21/h7-8,11-12H,4-6,9-10H2,1-3H3,(H,19,22). The Kier molecular flexibility index (Phi) is 6.37. The minimum absolute atomic E-state index is 0.134. The number of nitrogens with one attached hydrogen (secondary N) is 1. The number of hydrogen-bond donors (Lipinski definition) is 1. The fourth-order valence-corrected chi connectivity index (χ4v) is 2.51. The van der Waals surface area contributed by atoms with E-state index in [1.54, 1.807) is 16.8 Å². The van der Waals surface area contributed by atoms with Crippen LogP contribution in [0.5, 0.6) is 5.75 Å². The lowest BCUT2D eigenvalue weighted by molar-refractivity contribution is 0.0942. The predicted molar refractivity (Wildman–Crippen MR) is 93.8 cm³/mol. The van der Waals surface area contributed by atoms with Crippen LogP contribution in [-0.4, -0.2) is 36.8 Å². The maximum Gasteiger partial charge on any atom is 0.256 e. The van der Waals surface area contributed by atoms with Crippen LogP contribution in [0.4, 0.5) is 0 Å². The number of rotatable bonds is 8. The SMILES string of the molecule is CCOCCCNC(=O)c1cn(C)c2ccc(OCC)cc2c1=O. The molecule has 6 heteroatoms. The molecule has 130 valence electrons. The van der Waals surface area contributed by atoms with Crippen molar-refractivity contribution < 1.29 is 14.3 Å². The van der Waals surface area contributed by atoms with Gasteiger partial charge in [-0.05, 0) is 38.5 Å². The van der Waals surface area contributed by atoms with Crippen molar-refractivity contribution in [1.29, 1.82) is 0 Å². The molecule has 0 saturated carbocycles. The Morgan fingerprint density at radius 3 is 2.75 bits per heavy atom. The molecule has 0 spiro atoms. The van der Waals surface area contributed by atoms with E-state index >= 15 is 0 Å². The van der Waals surface area contributed by atoms with Gasteiger partial charge < -0.3 is 19.4 Å². The molecule has 0 aliphatic heterocycles. The number of carbonyl (C=O) groups excluding carboxylic acids is 1. The van der Waals surface area contributed by atoms with Gasteiger partial charge in [-0.3, -0.25) is 9.59 Å². The van der Waals surface area contributed by atoms with Crippen LogP contribution in [0.2, 0.25) is 0 Å². The molecular weight excluding hydrogens is 308 g/mol. The zero-order valence-corrected chi connectivity index (χ0v) is 14.4. The van der Waals surface area contributed by atoms with E-state index in [0.717, 1.165) is 5.52 Å². The van der Waals surface area contributed by atoms with Gasteiger partial charge in [-0.15, -0.1) is 0 Å². The molecule has 0 radical (unpaired) electrons. The Hall–Kier alpha value is -2.34. The highest BCUT2D eigenvalue weighted by Crippen LogP contribution is 2.18. The van der Waals surface area contributed by atoms with Crippen molar-refractivity contribution in [2.45, 2.75) is 20.3 Å². The normalized spacial score (nSPS) is 10.8. The number of carbonyl (C=O) groups is 1. The van der Waals surface area contributed by atoms with Crippen molar-refractivity contribution in [2.24, 2.45) is 7.05 Å². The molecule has 24 heavy (non-hydrogen) atoms. The molecular formula is C18H24N2O4. The number of hydrogen-bond acceptors (Lipinski definition) is 4. The molecule has 6 nitrogen and oxygen atoms in total. The van der Waals surface area contributed by atoms with Crippen LogP contribution in [0.25, 0.3) is 10.9 Å². The fourth-order valence-electron chi connectivity index (χ4n) is 2.51. The van der Waals surface area contributed by atoms with Crippen molar-refractivity contribution in [2.75, 3.05) is 26.4 Å². The minimum Gasteiger partial charge on any atom is -0.494 e. The van der Waals surface area contributed by atoms with Crippen LogP contribution in [0, 0.1) is 0 Å². The monoisotopic (exact) mass is 332 g/mol. The van der Waals surface area contributed by atoms with E-state index in [1.165, 1.54) is 0 Å². The van der Waals surface area contributed by atoms with Gasteiger partial charge in [-0.2, -0.15) is 0 Å². The molecule has 1 aromatic heterocycles. The molecule has 1 N–H and O–H groups in total. The highest BCUT2D eigenvalue weighted by atomic mass is 16.5. The minimum atomic E-state index is -0.365. The molecule has 0 aliphatic rings. The molecule has 1 amide bonds. The van der Waals surface area contributed by atoms with Gasteiger partial charge >= 0.3 is 0 Å². The third kappa shape index (κ3) is 4.14. The Morgan fingerprint density at radius 2 is 2.04 bits per heavy atom. The zero-order valence-electron chi connectivity index (χ0n) is 14.4. The Labute approximate surface area is 141 Å². The van der Waals surface area contributed by atoms with Crippen molar-refractivity contribution in [3.05, 3.63) is 40.2 Å². The molecule has 0 bridgehead atoms. The molecule has 0 unspecified atom stereocenters. The first-order chi connectivity index (χ1) is 11.6. The van der Waals surface area contributed by atoms with Gasteiger partial charge in [0.15, 0.2) is 0 Å². The van der Waals surface area contributed by atoms with Crippen molar-refractivity contribution in [1.82, 2.24) is 9.88 Å². The second kappa shape index (κ2) is 8.49. The van der Waals surface area contributed by atoms with E-state index in [0.29, 0.717) is 43.9 Å². The summed E-state index contributed by atoms with van der Waals surface area (Å²) in [5, 5.41) is 3.24. The lowest BCUT2D eigenvalue weighted by Gasteiger charge is -2.11. The Morgan fingerprint density at radius 1 is 1.25 bits per heavy atom. The molecule has 0 aliphatic carbocycles. The Bertz CT molecular complexity index is 767. The third-order valence-electron chi connectivity index (χ3n) is 3.67. The molecule has 0 saturated heterocycles. The summed E-state index contributed by atoms with van der Waals surface area (Å²) >= 11 is 0. The number of nitrogens with zero attached hydrogens (tertiary/aromatic N) is 1. The van der Waals surface area contributed by atoms with E-state index in [2.05, 4.69) is 5.32 Å². The molecule has 2 rings (SSSR count). The van der Waals surface area contributed by atoms with Gasteiger partial charge in [0, 0.05) is 33.0 Å². The summed E-state index contributed by atoms with van der Waals surface area (Å²) in [5.41, 5.74) is 0.610. The lowest BCUT2D eigenvalue weighted by Crippen LogP contribution is -2.30. The second-order valence-corrected chi connectivity index (χ2v) is 5.40. The number of benzene rings is 1. The number of ether oxygens (including phenoxy) is 2. The van der Waals surface area contributed by atoms with E-state index in [-0.39, 0.29) is 16.9 Å². The van der Waals surface area contributed by atoms with E-state index in [4.69, 9.17) is 9.47 Å². The van der Waals surface area contributed by atoms with Crippen LogP contribution in [0.1, 0.15) is 30.6 Å². The van der Waals surface area contributed by atoms with Crippen LogP contribution in [0.3, 0.4) is 0 Å². The number of aromatic nitrogens is 1. The number of amides is 1. The highest BCUT2D eigenvalue weighted by molar-refractivity contribution is 5.97. The first-order valence-electron chi connectivity index (χ1n) is 8.20. The number of pyridine rings is 1. The lowest BCUT2D eigenvalue weighted by atomic mass is 10.1. The fraction of sp³-hybridized carbons (Fsp3) is 0.444. The summed E-state index contributed by atoms with van der Waals surface area (Å²) in [6, 6.07) is 5.33. The molecule has 2 aromatic rings. The third-order valence-corrected chi connectivity index (χ3v) is 3.67. The van der Waals surface area contributed by atoms with Crippen LogP contribution in [-0.2, 0) is 11.8 Å². The summed E-state index contributed by atoms with van der Waals surface area (Å²) in [5.74, 6) is 0.257. The van der Waals surface area contributed by atoms with E-state index < -0.39 is 0 Å². The van der Waals surface area contributed by atoms with Gasteiger partial charge in [-0.25, -0.2) is 0 Å². The Balaban J connectivity index is 2.25. The van der Waals surface area contributed by atoms with Gasteiger partial charge in [0.05, 0.1) is 17.5 Å². The van der Waals surface area contributed by atoms with Gasteiger partial charge in [0.2, 0.25) is 5.43 Å². The molecule has 0 atom stereocenters. The number of aryl methyl sites for hydroxylation is 1. The summed E-state index contributed by atoms with van der Waals surface area (Å²) in [6.07, 6.45) is 2.28. The van der Waals surface area contributed by atoms with E-state index in [1.807, 2.05) is 33.0 Å². The maximum absolute atomic E-state index is 12.7. The van der Waals surface area contributed by atoms with E-state index in [9.17, 15) is 9.59 Å². The average Bonchev–Trinajstić information content (AvgIpc) is 2.58. The van der Waals surface area contributed by atoms with Gasteiger partial charge in [0.1, 0.15) is 11.3 Å². The highest BCUT2D eigenvalue weighted by Gasteiger charge is 2.14. The smallest absolute Gasteiger partial charge is 0.256 e. The maximum atomic E-state index is 12.7. The second-order valence-electron chi connectivity index (χ2n) is 5.40. The van der Waals surface area contributed by atoms with Crippen molar-refractivity contribution >= 4 is 16.8 Å². The van der Waals surface area contributed by atoms with Crippen LogP contribution in [0.15, 0.2) is 29.2 Å². The summed E-state index contributed by atoms with van der Waals surface area (Å²) in [7, 11) is 1.81. The number of fused-ring (bicyclic) bond motifs is 1. The van der Waals surface area contributed by atoms with Crippen molar-refractivity contribution in [3.63, 3.8) is 0 Å².